The first-order valence-corrected chi connectivity index (χ1v) is 11.0. The van der Waals surface area contributed by atoms with Gasteiger partial charge >= 0.3 is 0 Å². The van der Waals surface area contributed by atoms with E-state index in [1.807, 2.05) is 60.7 Å². The highest BCUT2D eigenvalue weighted by atomic mass is 16.2. The Hall–Kier alpha value is -4.35. The molecule has 170 valence electrons. The molecule has 8 heteroatoms. The van der Waals surface area contributed by atoms with Crippen molar-refractivity contribution in [1.29, 1.82) is 5.26 Å². The molecule has 0 saturated heterocycles. The number of nitrogens with zero attached hydrogens (tertiary/aromatic N) is 5. The standard InChI is InChI=1S/C26H25N7O/c1-18(20-10-8-19(14-27)9-11-20)15-29-25(21-6-4-3-5-7-21)26(34)31-24-13-12-22(16-28-24)23-17-30-33(2)32-23/h3-13,16-18,25,29H,15H2,1-2H3,(H,28,31,34). The van der Waals surface area contributed by atoms with Crippen LogP contribution in [0.25, 0.3) is 11.3 Å². The van der Waals surface area contributed by atoms with E-state index < -0.39 is 6.04 Å². The minimum atomic E-state index is -0.552. The average molecular weight is 452 g/mol. The van der Waals surface area contributed by atoms with Crippen LogP contribution in [0.1, 0.15) is 35.6 Å². The summed E-state index contributed by atoms with van der Waals surface area (Å²) in [5, 5.41) is 23.7. The highest BCUT2D eigenvalue weighted by Crippen LogP contribution is 2.21. The van der Waals surface area contributed by atoms with Crippen LogP contribution in [-0.4, -0.2) is 32.4 Å². The summed E-state index contributed by atoms with van der Waals surface area (Å²) in [6.07, 6.45) is 3.33. The van der Waals surface area contributed by atoms with Gasteiger partial charge in [0.25, 0.3) is 0 Å². The Labute approximate surface area is 198 Å². The molecule has 2 aromatic heterocycles. The second kappa shape index (κ2) is 10.5. The summed E-state index contributed by atoms with van der Waals surface area (Å²) in [5.41, 5.74) is 4.13. The van der Waals surface area contributed by atoms with E-state index >= 15 is 0 Å². The lowest BCUT2D eigenvalue weighted by Gasteiger charge is -2.21. The molecule has 1 amide bonds. The van der Waals surface area contributed by atoms with Crippen molar-refractivity contribution in [2.24, 2.45) is 7.05 Å². The molecule has 0 bridgehead atoms. The first-order valence-electron chi connectivity index (χ1n) is 11.0. The van der Waals surface area contributed by atoms with Crippen LogP contribution in [0.4, 0.5) is 5.82 Å². The molecular weight excluding hydrogens is 426 g/mol. The maximum absolute atomic E-state index is 13.2. The lowest BCUT2D eigenvalue weighted by Crippen LogP contribution is -2.35. The summed E-state index contributed by atoms with van der Waals surface area (Å²) in [5.74, 6) is 0.412. The largest absolute Gasteiger partial charge is 0.309 e. The summed E-state index contributed by atoms with van der Waals surface area (Å²) in [6, 6.07) is 22.3. The first kappa shape index (κ1) is 22.8. The zero-order chi connectivity index (χ0) is 23.9. The summed E-state index contributed by atoms with van der Waals surface area (Å²) in [6.45, 7) is 2.67. The quantitative estimate of drug-likeness (QED) is 0.422. The number of carbonyl (C=O) groups excluding carboxylic acids is 1. The number of hydrogen-bond donors (Lipinski definition) is 2. The number of benzene rings is 2. The highest BCUT2D eigenvalue weighted by molar-refractivity contribution is 5.94. The Morgan fingerprint density at radius 2 is 1.79 bits per heavy atom. The van der Waals surface area contributed by atoms with Gasteiger partial charge in [-0.3, -0.25) is 4.79 Å². The Kier molecular flexibility index (Phi) is 7.06. The van der Waals surface area contributed by atoms with Crippen molar-refractivity contribution in [3.8, 4) is 17.3 Å². The van der Waals surface area contributed by atoms with Crippen LogP contribution in [0.2, 0.25) is 0 Å². The lowest BCUT2D eigenvalue weighted by molar-refractivity contribution is -0.118. The normalized spacial score (nSPS) is 12.5. The fraction of sp³-hybridized carbons (Fsp3) is 0.192. The van der Waals surface area contributed by atoms with Crippen LogP contribution in [0, 0.1) is 11.3 Å². The zero-order valence-corrected chi connectivity index (χ0v) is 19.0. The molecule has 2 heterocycles. The number of carbonyl (C=O) groups is 1. The summed E-state index contributed by atoms with van der Waals surface area (Å²) < 4.78 is 0. The SMILES string of the molecule is CC(CNC(C(=O)Nc1ccc(-c2cnn(C)n2)cn1)c1ccccc1)c1ccc(C#N)cc1. The minimum absolute atomic E-state index is 0.149. The van der Waals surface area contributed by atoms with Crippen LogP contribution in [-0.2, 0) is 11.8 Å². The molecule has 4 rings (SSSR count). The number of nitriles is 1. The van der Waals surface area contributed by atoms with Crippen molar-refractivity contribution in [2.45, 2.75) is 18.9 Å². The number of nitrogens with one attached hydrogen (secondary N) is 2. The first-order chi connectivity index (χ1) is 16.5. The number of hydrogen-bond acceptors (Lipinski definition) is 6. The van der Waals surface area contributed by atoms with Crippen LogP contribution < -0.4 is 10.6 Å². The van der Waals surface area contributed by atoms with Gasteiger partial charge in [-0.05, 0) is 41.3 Å². The van der Waals surface area contributed by atoms with Gasteiger partial charge in [-0.25, -0.2) is 4.98 Å². The summed E-state index contributed by atoms with van der Waals surface area (Å²) >= 11 is 0. The number of amides is 1. The second-order valence-electron chi connectivity index (χ2n) is 8.03. The summed E-state index contributed by atoms with van der Waals surface area (Å²) in [4.78, 5) is 19.1. The van der Waals surface area contributed by atoms with Gasteiger partial charge in [0.05, 0.1) is 17.8 Å². The number of aromatic nitrogens is 4. The van der Waals surface area contributed by atoms with Crippen LogP contribution in [0.3, 0.4) is 0 Å². The highest BCUT2D eigenvalue weighted by Gasteiger charge is 2.22. The van der Waals surface area contributed by atoms with Crippen LogP contribution in [0.5, 0.6) is 0 Å². The van der Waals surface area contributed by atoms with Crippen LogP contribution >= 0.6 is 0 Å². The number of anilines is 1. The molecule has 0 aliphatic heterocycles. The van der Waals surface area contributed by atoms with E-state index in [2.05, 4.69) is 38.8 Å². The monoisotopic (exact) mass is 451 g/mol. The Bertz CT molecular complexity index is 1280. The summed E-state index contributed by atoms with van der Waals surface area (Å²) in [7, 11) is 1.75. The molecule has 0 radical (unpaired) electrons. The third-order valence-corrected chi connectivity index (χ3v) is 5.54. The van der Waals surface area contributed by atoms with E-state index in [9.17, 15) is 4.79 Å². The van der Waals surface area contributed by atoms with E-state index in [1.165, 1.54) is 4.80 Å². The Balaban J connectivity index is 1.46. The third-order valence-electron chi connectivity index (χ3n) is 5.54. The second-order valence-corrected chi connectivity index (χ2v) is 8.03. The van der Waals surface area contributed by atoms with Crippen molar-refractivity contribution in [1.82, 2.24) is 25.3 Å². The molecule has 0 aliphatic carbocycles. The average Bonchev–Trinajstić information content (AvgIpc) is 3.31. The van der Waals surface area contributed by atoms with E-state index in [4.69, 9.17) is 5.26 Å². The Morgan fingerprint density at radius 1 is 1.03 bits per heavy atom. The topological polar surface area (TPSA) is 109 Å². The molecule has 0 aliphatic rings. The van der Waals surface area contributed by atoms with Gasteiger partial charge < -0.3 is 10.6 Å². The molecule has 0 fully saturated rings. The predicted molar refractivity (Wildman–Crippen MR) is 130 cm³/mol. The van der Waals surface area contributed by atoms with E-state index in [-0.39, 0.29) is 11.8 Å². The molecule has 2 unspecified atom stereocenters. The van der Waals surface area contributed by atoms with Crippen molar-refractivity contribution >= 4 is 11.7 Å². The zero-order valence-electron chi connectivity index (χ0n) is 19.0. The lowest BCUT2D eigenvalue weighted by atomic mass is 9.98. The molecule has 8 nitrogen and oxygen atoms in total. The molecular formula is C26H25N7O. The molecule has 2 atom stereocenters. The maximum atomic E-state index is 13.2. The van der Waals surface area contributed by atoms with Crippen molar-refractivity contribution in [3.63, 3.8) is 0 Å². The van der Waals surface area contributed by atoms with Gasteiger partial charge in [-0.2, -0.15) is 20.3 Å². The van der Waals surface area contributed by atoms with Gasteiger partial charge in [-0.1, -0.05) is 49.4 Å². The van der Waals surface area contributed by atoms with Gasteiger partial charge in [0.2, 0.25) is 5.91 Å². The van der Waals surface area contributed by atoms with Crippen molar-refractivity contribution in [3.05, 3.63) is 95.8 Å². The molecule has 0 spiro atoms. The fourth-order valence-corrected chi connectivity index (χ4v) is 3.60. The number of pyridine rings is 1. The fourth-order valence-electron chi connectivity index (χ4n) is 3.60. The molecule has 0 saturated carbocycles. The molecule has 4 aromatic rings. The molecule has 34 heavy (non-hydrogen) atoms. The molecule has 2 N–H and O–H groups in total. The molecule has 2 aromatic carbocycles. The number of rotatable bonds is 8. The smallest absolute Gasteiger partial charge is 0.247 e. The minimum Gasteiger partial charge on any atom is -0.309 e. The van der Waals surface area contributed by atoms with Crippen molar-refractivity contribution in [2.75, 3.05) is 11.9 Å². The third kappa shape index (κ3) is 5.52. The van der Waals surface area contributed by atoms with E-state index in [1.54, 1.807) is 25.5 Å². The maximum Gasteiger partial charge on any atom is 0.247 e. The Morgan fingerprint density at radius 3 is 2.41 bits per heavy atom. The number of aryl methyl sites for hydroxylation is 1. The van der Waals surface area contributed by atoms with Crippen LogP contribution in [0.15, 0.2) is 79.1 Å². The van der Waals surface area contributed by atoms with E-state index in [0.717, 1.165) is 16.7 Å². The van der Waals surface area contributed by atoms with E-state index in [0.29, 0.717) is 23.6 Å². The van der Waals surface area contributed by atoms with Gasteiger partial charge in [-0.15, -0.1) is 0 Å². The van der Waals surface area contributed by atoms with Gasteiger partial charge in [0.15, 0.2) is 0 Å². The predicted octanol–water partition coefficient (Wildman–Crippen LogP) is 3.82. The van der Waals surface area contributed by atoms with Crippen molar-refractivity contribution < 1.29 is 4.79 Å². The van der Waals surface area contributed by atoms with Gasteiger partial charge in [0, 0.05) is 25.4 Å². The van der Waals surface area contributed by atoms with Gasteiger partial charge in [0.1, 0.15) is 17.6 Å².